The van der Waals surface area contributed by atoms with Crippen LogP contribution in [0.3, 0.4) is 0 Å². The van der Waals surface area contributed by atoms with E-state index in [2.05, 4.69) is 0 Å². The fourth-order valence-electron chi connectivity index (χ4n) is 1.95. The van der Waals surface area contributed by atoms with Crippen molar-refractivity contribution in [2.45, 2.75) is 39.8 Å². The lowest BCUT2D eigenvalue weighted by Gasteiger charge is -2.30. The molecule has 1 N–H and O–H groups in total. The van der Waals surface area contributed by atoms with Gasteiger partial charge in [-0.2, -0.15) is 0 Å². The maximum atomic E-state index is 12.1. The Bertz CT molecular complexity index is 445. The summed E-state index contributed by atoms with van der Waals surface area (Å²) in [6.07, 6.45) is 0. The highest BCUT2D eigenvalue weighted by Gasteiger charge is 2.21. The lowest BCUT2D eigenvalue weighted by molar-refractivity contribution is -0.137. The first-order chi connectivity index (χ1) is 8.84. The molecular formula is C13H19NO4S. The average molecular weight is 285 g/mol. The molecule has 0 aliphatic heterocycles. The summed E-state index contributed by atoms with van der Waals surface area (Å²) in [5.74, 6) is -0.937. The van der Waals surface area contributed by atoms with Crippen LogP contribution >= 0.6 is 11.3 Å². The normalized spacial score (nSPS) is 10.8. The Morgan fingerprint density at radius 3 is 2.37 bits per heavy atom. The second-order valence-corrected chi connectivity index (χ2v) is 5.61. The van der Waals surface area contributed by atoms with Gasteiger partial charge in [0.15, 0.2) is 11.5 Å². The van der Waals surface area contributed by atoms with E-state index in [1.807, 2.05) is 27.7 Å². The maximum Gasteiger partial charge on any atom is 0.349 e. The minimum Gasteiger partial charge on any atom is -0.482 e. The summed E-state index contributed by atoms with van der Waals surface area (Å²) in [6, 6.07) is 1.73. The van der Waals surface area contributed by atoms with Gasteiger partial charge in [0.25, 0.3) is 5.91 Å². The number of ether oxygens (including phenoxy) is 1. The molecule has 106 valence electrons. The zero-order valence-electron chi connectivity index (χ0n) is 11.5. The summed E-state index contributed by atoms with van der Waals surface area (Å²) in [5, 5.41) is 10.6. The SMILES string of the molecule is CC(C)N(C(=O)COc1ccsc1C(=O)O)C(C)C. The molecule has 5 nitrogen and oxygen atoms in total. The van der Waals surface area contributed by atoms with Gasteiger partial charge in [-0.3, -0.25) is 4.79 Å². The molecule has 1 rings (SSSR count). The van der Waals surface area contributed by atoms with Crippen LogP contribution in [0.4, 0.5) is 0 Å². The van der Waals surface area contributed by atoms with Crippen molar-refractivity contribution in [3.63, 3.8) is 0 Å². The van der Waals surface area contributed by atoms with Gasteiger partial charge in [0, 0.05) is 12.1 Å². The highest BCUT2D eigenvalue weighted by molar-refractivity contribution is 7.12. The molecule has 0 aliphatic rings. The van der Waals surface area contributed by atoms with Gasteiger partial charge in [0.1, 0.15) is 5.75 Å². The maximum absolute atomic E-state index is 12.1. The Hall–Kier alpha value is -1.56. The standard InChI is InChI=1S/C13H19NO4S/c1-8(2)14(9(3)4)11(15)7-18-10-5-6-19-12(10)13(16)17/h5-6,8-9H,7H2,1-4H3,(H,16,17). The number of hydrogen-bond donors (Lipinski definition) is 1. The van der Waals surface area contributed by atoms with E-state index in [0.717, 1.165) is 11.3 Å². The van der Waals surface area contributed by atoms with Gasteiger partial charge < -0.3 is 14.7 Å². The Kier molecular flexibility index (Phi) is 5.35. The van der Waals surface area contributed by atoms with Crippen molar-refractivity contribution in [3.05, 3.63) is 16.3 Å². The van der Waals surface area contributed by atoms with Crippen molar-refractivity contribution < 1.29 is 19.4 Å². The van der Waals surface area contributed by atoms with E-state index in [1.54, 1.807) is 16.3 Å². The second kappa shape index (κ2) is 6.56. The molecule has 0 spiro atoms. The number of hydrogen-bond acceptors (Lipinski definition) is 4. The van der Waals surface area contributed by atoms with Gasteiger partial charge in [-0.05, 0) is 39.1 Å². The molecule has 0 unspecified atom stereocenters. The number of amides is 1. The van der Waals surface area contributed by atoms with E-state index in [1.165, 1.54) is 0 Å². The van der Waals surface area contributed by atoms with Crippen LogP contribution in [0.2, 0.25) is 0 Å². The Morgan fingerprint density at radius 1 is 1.32 bits per heavy atom. The highest BCUT2D eigenvalue weighted by Crippen LogP contribution is 2.24. The lowest BCUT2D eigenvalue weighted by Crippen LogP contribution is -2.44. The molecule has 0 atom stereocenters. The van der Waals surface area contributed by atoms with Gasteiger partial charge in [-0.15, -0.1) is 11.3 Å². The summed E-state index contributed by atoms with van der Waals surface area (Å²) in [6.45, 7) is 7.60. The van der Waals surface area contributed by atoms with E-state index in [-0.39, 0.29) is 35.2 Å². The predicted octanol–water partition coefficient (Wildman–Crippen LogP) is 2.47. The molecule has 1 amide bonds. The zero-order valence-corrected chi connectivity index (χ0v) is 12.4. The Balaban J connectivity index is 2.68. The summed E-state index contributed by atoms with van der Waals surface area (Å²) in [7, 11) is 0. The number of thiophene rings is 1. The minimum atomic E-state index is -1.04. The van der Waals surface area contributed by atoms with Gasteiger partial charge in [0.2, 0.25) is 0 Å². The number of carboxylic acids is 1. The van der Waals surface area contributed by atoms with Crippen LogP contribution < -0.4 is 4.74 Å². The molecule has 0 saturated carbocycles. The van der Waals surface area contributed by atoms with Crippen LogP contribution in [0.15, 0.2) is 11.4 Å². The monoisotopic (exact) mass is 285 g/mol. The summed E-state index contributed by atoms with van der Waals surface area (Å²) in [5.41, 5.74) is 0. The molecule has 0 aromatic carbocycles. The third kappa shape index (κ3) is 3.96. The van der Waals surface area contributed by atoms with Crippen LogP contribution in [0, 0.1) is 0 Å². The molecule has 1 aromatic heterocycles. The van der Waals surface area contributed by atoms with E-state index in [9.17, 15) is 9.59 Å². The first kappa shape index (κ1) is 15.5. The van der Waals surface area contributed by atoms with E-state index in [0.29, 0.717) is 0 Å². The molecule has 0 bridgehead atoms. The molecule has 1 aromatic rings. The summed E-state index contributed by atoms with van der Waals surface area (Å²) < 4.78 is 5.32. The number of nitrogens with zero attached hydrogens (tertiary/aromatic N) is 1. The number of carbonyl (C=O) groups is 2. The van der Waals surface area contributed by atoms with Gasteiger partial charge in [0.05, 0.1) is 0 Å². The topological polar surface area (TPSA) is 66.8 Å². The number of carbonyl (C=O) groups excluding carboxylic acids is 1. The second-order valence-electron chi connectivity index (χ2n) is 4.70. The lowest BCUT2D eigenvalue weighted by atomic mass is 10.2. The van der Waals surface area contributed by atoms with Crippen molar-refractivity contribution in [2.75, 3.05) is 6.61 Å². The molecule has 19 heavy (non-hydrogen) atoms. The first-order valence-electron chi connectivity index (χ1n) is 6.09. The first-order valence-corrected chi connectivity index (χ1v) is 6.97. The third-order valence-corrected chi connectivity index (χ3v) is 3.46. The molecule has 0 radical (unpaired) electrons. The van der Waals surface area contributed by atoms with Crippen molar-refractivity contribution in [1.29, 1.82) is 0 Å². The average Bonchev–Trinajstić information content (AvgIpc) is 2.73. The molecule has 0 saturated heterocycles. The molecular weight excluding hydrogens is 266 g/mol. The fraction of sp³-hybridized carbons (Fsp3) is 0.538. The third-order valence-electron chi connectivity index (χ3n) is 2.58. The Morgan fingerprint density at radius 2 is 1.89 bits per heavy atom. The quantitative estimate of drug-likeness (QED) is 0.872. The number of aromatic carboxylic acids is 1. The molecule has 0 fully saturated rings. The van der Waals surface area contributed by atoms with E-state index >= 15 is 0 Å². The minimum absolute atomic E-state index is 0.0810. The van der Waals surface area contributed by atoms with Gasteiger partial charge >= 0.3 is 5.97 Å². The van der Waals surface area contributed by atoms with Gasteiger partial charge in [-0.1, -0.05) is 0 Å². The largest absolute Gasteiger partial charge is 0.482 e. The highest BCUT2D eigenvalue weighted by atomic mass is 32.1. The van der Waals surface area contributed by atoms with Crippen molar-refractivity contribution >= 4 is 23.2 Å². The fourth-order valence-corrected chi connectivity index (χ4v) is 2.63. The van der Waals surface area contributed by atoms with Gasteiger partial charge in [-0.25, -0.2) is 4.79 Å². The zero-order chi connectivity index (χ0) is 14.6. The smallest absolute Gasteiger partial charge is 0.349 e. The number of rotatable bonds is 6. The van der Waals surface area contributed by atoms with Crippen LogP contribution in [0.1, 0.15) is 37.4 Å². The molecule has 0 aliphatic carbocycles. The molecule has 1 heterocycles. The Labute approximate surface area is 116 Å². The summed E-state index contributed by atoms with van der Waals surface area (Å²) >= 11 is 1.08. The van der Waals surface area contributed by atoms with Crippen molar-refractivity contribution in [3.8, 4) is 5.75 Å². The molecule has 6 heteroatoms. The van der Waals surface area contributed by atoms with Crippen LogP contribution in [0.25, 0.3) is 0 Å². The van der Waals surface area contributed by atoms with E-state index < -0.39 is 5.97 Å². The van der Waals surface area contributed by atoms with Crippen LogP contribution in [0.5, 0.6) is 5.75 Å². The number of carboxylic acid groups (broad SMARTS) is 1. The van der Waals surface area contributed by atoms with Crippen molar-refractivity contribution in [2.24, 2.45) is 0 Å². The summed E-state index contributed by atoms with van der Waals surface area (Å²) in [4.78, 5) is 24.8. The van der Waals surface area contributed by atoms with Crippen LogP contribution in [-0.4, -0.2) is 40.6 Å². The van der Waals surface area contributed by atoms with Crippen LogP contribution in [-0.2, 0) is 4.79 Å². The van der Waals surface area contributed by atoms with E-state index in [4.69, 9.17) is 9.84 Å². The van der Waals surface area contributed by atoms with Crippen molar-refractivity contribution in [1.82, 2.24) is 4.90 Å². The predicted molar refractivity (Wildman–Crippen MR) is 73.9 cm³/mol.